The highest BCUT2D eigenvalue weighted by Crippen LogP contribution is 2.46. The smallest absolute Gasteiger partial charge is 0.192 e. The summed E-state index contributed by atoms with van der Waals surface area (Å²) in [5.41, 5.74) is 0. The maximum atomic E-state index is 6.88. The van der Waals surface area contributed by atoms with Gasteiger partial charge in [-0.3, -0.25) is 0 Å². The molecule has 0 aliphatic carbocycles. The Balaban J connectivity index is 1.62. The topological polar surface area (TPSA) is 46.2 Å². The van der Waals surface area contributed by atoms with E-state index in [0.717, 1.165) is 51.4 Å². The van der Waals surface area contributed by atoms with E-state index in [0.29, 0.717) is 12.5 Å². The van der Waals surface area contributed by atoms with Gasteiger partial charge in [0.2, 0.25) is 0 Å². The highest BCUT2D eigenvalue weighted by Gasteiger charge is 2.51. The summed E-state index contributed by atoms with van der Waals surface area (Å²) >= 11 is 0. The fourth-order valence-electron chi connectivity index (χ4n) is 5.20. The lowest BCUT2D eigenvalue weighted by atomic mass is 9.88. The highest BCUT2D eigenvalue weighted by molar-refractivity contribution is 6.74. The van der Waals surface area contributed by atoms with E-state index in [2.05, 4.69) is 47.4 Å². The van der Waals surface area contributed by atoms with Gasteiger partial charge in [-0.05, 0) is 76.4 Å². The fraction of sp³-hybridized carbons (Fsp3) is 0.926. The SMILES string of the molecule is C=CCCC[C@@H](C[C@@H]1CC[C@]2(CC[C@@H](C)[C@H]([C@H]3COC(C)(C)O3)O2)O1)O[Si](C)(C)C(C)(C)C. The molecule has 0 radical (unpaired) electrons. The summed E-state index contributed by atoms with van der Waals surface area (Å²) in [7, 11) is -1.84. The van der Waals surface area contributed by atoms with E-state index in [1.54, 1.807) is 0 Å². The monoisotopic (exact) mass is 482 g/mol. The van der Waals surface area contributed by atoms with Gasteiger partial charge in [0.1, 0.15) is 6.10 Å². The normalized spacial score (nSPS) is 35.8. The zero-order valence-electron chi connectivity index (χ0n) is 22.6. The Morgan fingerprint density at radius 3 is 2.42 bits per heavy atom. The molecule has 0 saturated carbocycles. The quantitative estimate of drug-likeness (QED) is 0.202. The standard InChI is InChI=1S/C27H50O5Si/c1-10-11-12-13-22(32-33(8,9)25(3,4)5)18-21-15-17-27(29-21)16-14-20(2)24(31-27)23-19-28-26(6,7)30-23/h10,20-24H,1,11-19H2,2-9H3/t20-,21+,22+,23-,24-,27-/m1/s1. The van der Waals surface area contributed by atoms with Gasteiger partial charge in [-0.15, -0.1) is 6.58 Å². The third-order valence-corrected chi connectivity index (χ3v) is 12.8. The van der Waals surface area contributed by atoms with Gasteiger partial charge in [-0.25, -0.2) is 0 Å². The first-order valence-corrected chi connectivity index (χ1v) is 16.1. The summed E-state index contributed by atoms with van der Waals surface area (Å²) < 4.78 is 32.3. The van der Waals surface area contributed by atoms with Gasteiger partial charge in [-0.2, -0.15) is 0 Å². The minimum Gasteiger partial charge on any atom is -0.414 e. The van der Waals surface area contributed by atoms with Gasteiger partial charge < -0.3 is 23.4 Å². The zero-order valence-corrected chi connectivity index (χ0v) is 23.6. The molecule has 3 fully saturated rings. The molecule has 3 rings (SSSR count). The van der Waals surface area contributed by atoms with Crippen molar-refractivity contribution in [1.29, 1.82) is 0 Å². The number of unbranched alkanes of at least 4 members (excludes halogenated alkanes) is 1. The van der Waals surface area contributed by atoms with Gasteiger partial charge in [0.05, 0.1) is 18.8 Å². The van der Waals surface area contributed by atoms with Crippen LogP contribution in [-0.2, 0) is 23.4 Å². The average molecular weight is 483 g/mol. The molecule has 3 heterocycles. The summed E-state index contributed by atoms with van der Waals surface area (Å²) in [5, 5.41) is 0.203. The van der Waals surface area contributed by atoms with Crippen LogP contribution in [0.1, 0.15) is 92.9 Å². The van der Waals surface area contributed by atoms with Crippen LogP contribution >= 0.6 is 0 Å². The van der Waals surface area contributed by atoms with Crippen LogP contribution in [0.5, 0.6) is 0 Å². The molecule has 6 heteroatoms. The van der Waals surface area contributed by atoms with Crippen LogP contribution in [0.2, 0.25) is 18.1 Å². The predicted molar refractivity (Wildman–Crippen MR) is 136 cm³/mol. The predicted octanol–water partition coefficient (Wildman–Crippen LogP) is 6.97. The molecule has 3 aliphatic rings. The lowest BCUT2D eigenvalue weighted by Crippen LogP contribution is -2.50. The van der Waals surface area contributed by atoms with E-state index in [9.17, 15) is 0 Å². The van der Waals surface area contributed by atoms with Crippen LogP contribution in [-0.4, -0.2) is 50.9 Å². The Bertz CT molecular complexity index is 657. The molecule has 0 bridgehead atoms. The van der Waals surface area contributed by atoms with Gasteiger partial charge >= 0.3 is 0 Å². The van der Waals surface area contributed by atoms with E-state index in [1.165, 1.54) is 0 Å². The maximum Gasteiger partial charge on any atom is 0.192 e. The van der Waals surface area contributed by atoms with Crippen LogP contribution < -0.4 is 0 Å². The van der Waals surface area contributed by atoms with E-state index >= 15 is 0 Å². The molecule has 192 valence electrons. The van der Waals surface area contributed by atoms with Crippen molar-refractivity contribution in [2.75, 3.05) is 6.61 Å². The van der Waals surface area contributed by atoms with E-state index in [4.69, 9.17) is 23.4 Å². The third kappa shape index (κ3) is 6.92. The summed E-state index contributed by atoms with van der Waals surface area (Å²) in [5.74, 6) is -0.563. The van der Waals surface area contributed by atoms with Gasteiger partial charge in [0.15, 0.2) is 19.9 Å². The Morgan fingerprint density at radius 1 is 1.12 bits per heavy atom. The Kier molecular flexibility index (Phi) is 8.61. The number of hydrogen-bond donors (Lipinski definition) is 0. The van der Waals surface area contributed by atoms with Crippen molar-refractivity contribution in [3.8, 4) is 0 Å². The van der Waals surface area contributed by atoms with Crippen molar-refractivity contribution in [3.63, 3.8) is 0 Å². The van der Waals surface area contributed by atoms with Crippen LogP contribution in [0, 0.1) is 5.92 Å². The number of allylic oxidation sites excluding steroid dienone is 1. The first-order chi connectivity index (χ1) is 15.3. The molecule has 0 amide bonds. The van der Waals surface area contributed by atoms with Gasteiger partial charge in [0, 0.05) is 18.9 Å². The molecule has 0 aromatic rings. The Labute approximate surface area is 204 Å². The molecule has 0 unspecified atom stereocenters. The van der Waals surface area contributed by atoms with Gasteiger partial charge in [0.25, 0.3) is 0 Å². The van der Waals surface area contributed by atoms with Crippen molar-refractivity contribution < 1.29 is 23.4 Å². The molecule has 0 N–H and O–H groups in total. The van der Waals surface area contributed by atoms with Crippen molar-refractivity contribution in [1.82, 2.24) is 0 Å². The third-order valence-electron chi connectivity index (χ3n) is 8.25. The summed E-state index contributed by atoms with van der Waals surface area (Å²) in [4.78, 5) is 0. The lowest BCUT2D eigenvalue weighted by Gasteiger charge is -2.43. The van der Waals surface area contributed by atoms with Crippen LogP contribution in [0.4, 0.5) is 0 Å². The van der Waals surface area contributed by atoms with Crippen molar-refractivity contribution >= 4 is 8.32 Å². The molecular weight excluding hydrogens is 432 g/mol. The maximum absolute atomic E-state index is 6.88. The van der Waals surface area contributed by atoms with Gasteiger partial charge in [-0.1, -0.05) is 33.8 Å². The molecule has 0 aromatic heterocycles. The van der Waals surface area contributed by atoms with E-state index < -0.39 is 19.9 Å². The number of ether oxygens (including phenoxy) is 4. The molecule has 1 spiro atoms. The zero-order chi connectivity index (χ0) is 24.5. The summed E-state index contributed by atoms with van der Waals surface area (Å²) in [6.45, 7) is 22.4. The van der Waals surface area contributed by atoms with Crippen LogP contribution in [0.25, 0.3) is 0 Å². The molecular formula is C27H50O5Si. The molecule has 33 heavy (non-hydrogen) atoms. The first-order valence-electron chi connectivity index (χ1n) is 13.2. The Morgan fingerprint density at radius 2 is 1.82 bits per heavy atom. The van der Waals surface area contributed by atoms with Crippen LogP contribution in [0.15, 0.2) is 12.7 Å². The average Bonchev–Trinajstić information content (AvgIpc) is 3.26. The fourth-order valence-corrected chi connectivity index (χ4v) is 6.60. The Hall–Kier alpha value is -0.243. The largest absolute Gasteiger partial charge is 0.414 e. The molecule has 5 nitrogen and oxygen atoms in total. The second kappa shape index (κ2) is 10.4. The summed E-state index contributed by atoms with van der Waals surface area (Å²) in [6.07, 6.45) is 10.6. The first kappa shape index (κ1) is 27.3. The molecule has 0 aromatic carbocycles. The van der Waals surface area contributed by atoms with Crippen molar-refractivity contribution in [2.24, 2.45) is 5.92 Å². The minimum absolute atomic E-state index is 0.0196. The van der Waals surface area contributed by atoms with Crippen LogP contribution in [0.3, 0.4) is 0 Å². The van der Waals surface area contributed by atoms with Crippen molar-refractivity contribution in [2.45, 2.75) is 147 Å². The summed E-state index contributed by atoms with van der Waals surface area (Å²) in [6, 6.07) is 0. The second-order valence-corrected chi connectivity index (χ2v) is 17.4. The molecule has 3 aliphatic heterocycles. The van der Waals surface area contributed by atoms with E-state index in [1.807, 2.05) is 19.9 Å². The number of rotatable bonds is 9. The lowest BCUT2D eigenvalue weighted by molar-refractivity contribution is -0.300. The molecule has 3 saturated heterocycles. The van der Waals surface area contributed by atoms with E-state index in [-0.39, 0.29) is 29.5 Å². The number of hydrogen-bond acceptors (Lipinski definition) is 5. The minimum atomic E-state index is -1.84. The van der Waals surface area contributed by atoms with Crippen molar-refractivity contribution in [3.05, 3.63) is 12.7 Å². The highest BCUT2D eigenvalue weighted by atomic mass is 28.4. The molecule has 6 atom stereocenters. The second-order valence-electron chi connectivity index (χ2n) is 12.6.